The Bertz CT molecular complexity index is 1110. The van der Waals surface area contributed by atoms with Crippen LogP contribution in [0.1, 0.15) is 20.3 Å². The first kappa shape index (κ1) is 18.1. The van der Waals surface area contributed by atoms with Crippen LogP contribution < -0.4 is 10.6 Å². The Morgan fingerprint density at radius 2 is 1.96 bits per heavy atom. The van der Waals surface area contributed by atoms with Crippen LogP contribution in [-0.4, -0.2) is 20.1 Å². The largest absolute Gasteiger partial charge is 0.434 e. The number of nitrogens with zero attached hydrogens (tertiary/aromatic N) is 3. The van der Waals surface area contributed by atoms with Gasteiger partial charge in [0.15, 0.2) is 16.3 Å². The number of fused-ring (bicyclic) bond motifs is 1. The highest BCUT2D eigenvalue weighted by Gasteiger charge is 2.10. The van der Waals surface area contributed by atoms with Crippen LogP contribution in [0.3, 0.4) is 0 Å². The van der Waals surface area contributed by atoms with E-state index in [4.69, 9.17) is 16.6 Å². The van der Waals surface area contributed by atoms with E-state index in [1.165, 1.54) is 11.1 Å². The number of rotatable bonds is 3. The molecule has 1 aliphatic carbocycles. The summed E-state index contributed by atoms with van der Waals surface area (Å²) >= 11 is 5.44. The Balaban J connectivity index is 1.49. The molecule has 0 aliphatic heterocycles. The average molecular weight is 389 g/mol. The Labute approximate surface area is 168 Å². The number of nitrogens with one attached hydrogen (secondary N) is 2. The molecule has 0 fully saturated rings. The smallest absolute Gasteiger partial charge is 0.229 e. The van der Waals surface area contributed by atoms with Crippen LogP contribution in [0.15, 0.2) is 76.1 Å². The lowest BCUT2D eigenvalue weighted by Crippen LogP contribution is -2.27. The van der Waals surface area contributed by atoms with Gasteiger partial charge in [-0.2, -0.15) is 4.98 Å². The van der Waals surface area contributed by atoms with Gasteiger partial charge < -0.3 is 15.1 Å². The minimum atomic E-state index is 0.471. The Morgan fingerprint density at radius 3 is 2.82 bits per heavy atom. The third-order valence-corrected chi connectivity index (χ3v) is 4.63. The molecule has 0 saturated carbocycles. The fourth-order valence-electron chi connectivity index (χ4n) is 2.82. The fourth-order valence-corrected chi connectivity index (χ4v) is 3.04. The van der Waals surface area contributed by atoms with Crippen molar-refractivity contribution in [3.05, 3.63) is 71.7 Å². The van der Waals surface area contributed by atoms with E-state index < -0.39 is 0 Å². The van der Waals surface area contributed by atoms with Gasteiger partial charge in [0, 0.05) is 23.7 Å². The standard InChI is InChI=1S/C21H19N5OS/c1-13-5-3-6-16(11-14(13)2)24-21(28)25-18-12-15(8-10-22-18)20-26-19-17(27-20)7-4-9-23-19/h4-12H,3H2,1-2H3,(H2,22,24,25,28). The molecule has 0 atom stereocenters. The summed E-state index contributed by atoms with van der Waals surface area (Å²) in [5, 5.41) is 6.81. The quantitative estimate of drug-likeness (QED) is 0.626. The average Bonchev–Trinajstić information content (AvgIpc) is 3.05. The molecule has 0 spiro atoms. The lowest BCUT2D eigenvalue weighted by molar-refractivity contribution is 0.619. The molecule has 0 bridgehead atoms. The van der Waals surface area contributed by atoms with E-state index in [9.17, 15) is 0 Å². The van der Waals surface area contributed by atoms with Gasteiger partial charge in [-0.3, -0.25) is 0 Å². The lowest BCUT2D eigenvalue weighted by Gasteiger charge is -2.11. The third kappa shape index (κ3) is 3.99. The summed E-state index contributed by atoms with van der Waals surface area (Å²) < 4.78 is 5.77. The summed E-state index contributed by atoms with van der Waals surface area (Å²) in [4.78, 5) is 12.9. The van der Waals surface area contributed by atoms with E-state index in [0.717, 1.165) is 17.7 Å². The van der Waals surface area contributed by atoms with Gasteiger partial charge in [0.05, 0.1) is 0 Å². The second-order valence-electron chi connectivity index (χ2n) is 6.46. The van der Waals surface area contributed by atoms with Crippen molar-refractivity contribution in [3.8, 4) is 11.5 Å². The SMILES string of the molecule is CC1=CCC=C(NC(=S)Nc2cc(-c3nc4ncccc4o3)ccn2)C=C1C. The number of allylic oxidation sites excluding steroid dienone is 5. The van der Waals surface area contributed by atoms with Gasteiger partial charge in [0.2, 0.25) is 5.89 Å². The zero-order valence-electron chi connectivity index (χ0n) is 15.6. The summed E-state index contributed by atoms with van der Waals surface area (Å²) in [7, 11) is 0. The number of pyridine rings is 2. The molecule has 4 rings (SSSR count). The van der Waals surface area contributed by atoms with E-state index in [2.05, 4.69) is 57.7 Å². The second-order valence-corrected chi connectivity index (χ2v) is 6.87. The highest BCUT2D eigenvalue weighted by molar-refractivity contribution is 7.80. The van der Waals surface area contributed by atoms with Crippen LogP contribution >= 0.6 is 12.2 Å². The molecule has 3 heterocycles. The summed E-state index contributed by atoms with van der Waals surface area (Å²) in [6.07, 6.45) is 10.6. The minimum Gasteiger partial charge on any atom is -0.434 e. The number of hydrogen-bond acceptors (Lipinski definition) is 5. The summed E-state index contributed by atoms with van der Waals surface area (Å²) in [5.41, 5.74) is 5.46. The van der Waals surface area contributed by atoms with Gasteiger partial charge >= 0.3 is 0 Å². The van der Waals surface area contributed by atoms with Crippen molar-refractivity contribution in [1.82, 2.24) is 20.3 Å². The summed E-state index contributed by atoms with van der Waals surface area (Å²) in [6, 6.07) is 7.33. The second kappa shape index (κ2) is 7.74. The van der Waals surface area contributed by atoms with Crippen molar-refractivity contribution in [2.75, 3.05) is 5.32 Å². The lowest BCUT2D eigenvalue weighted by atomic mass is 10.1. The van der Waals surface area contributed by atoms with Gasteiger partial charge in [-0.05, 0) is 68.4 Å². The normalized spacial score (nSPS) is 14.0. The van der Waals surface area contributed by atoms with Crippen LogP contribution in [-0.2, 0) is 0 Å². The highest BCUT2D eigenvalue weighted by Crippen LogP contribution is 2.24. The molecule has 3 aromatic rings. The zero-order chi connectivity index (χ0) is 19.5. The summed E-state index contributed by atoms with van der Waals surface area (Å²) in [5.74, 6) is 1.10. The Kier molecular flexibility index (Phi) is 4.99. The monoisotopic (exact) mass is 389 g/mol. The van der Waals surface area contributed by atoms with Gasteiger partial charge in [-0.15, -0.1) is 0 Å². The molecular formula is C21H19N5OS. The van der Waals surface area contributed by atoms with E-state index in [1.807, 2.05) is 24.3 Å². The van der Waals surface area contributed by atoms with E-state index in [1.54, 1.807) is 12.4 Å². The van der Waals surface area contributed by atoms with Crippen molar-refractivity contribution in [1.29, 1.82) is 0 Å². The van der Waals surface area contributed by atoms with E-state index >= 15 is 0 Å². The highest BCUT2D eigenvalue weighted by atomic mass is 32.1. The van der Waals surface area contributed by atoms with Gasteiger partial charge in [-0.25, -0.2) is 9.97 Å². The molecule has 0 amide bonds. The van der Waals surface area contributed by atoms with Gasteiger partial charge in [0.1, 0.15) is 5.82 Å². The molecule has 0 saturated heterocycles. The van der Waals surface area contributed by atoms with E-state index in [-0.39, 0.29) is 0 Å². The number of oxazole rings is 1. The van der Waals surface area contributed by atoms with Crippen molar-refractivity contribution < 1.29 is 4.42 Å². The van der Waals surface area contributed by atoms with Crippen molar-refractivity contribution >= 4 is 34.4 Å². The van der Waals surface area contributed by atoms with Gasteiger partial charge in [-0.1, -0.05) is 17.7 Å². The molecule has 3 aromatic heterocycles. The first-order chi connectivity index (χ1) is 13.6. The molecule has 1 aliphatic rings. The fraction of sp³-hybridized carbons (Fsp3) is 0.143. The molecule has 6 nitrogen and oxygen atoms in total. The number of hydrogen-bond donors (Lipinski definition) is 2. The number of anilines is 1. The van der Waals surface area contributed by atoms with Crippen LogP contribution in [0.2, 0.25) is 0 Å². The molecule has 0 unspecified atom stereocenters. The first-order valence-corrected chi connectivity index (χ1v) is 9.31. The Hall–Kier alpha value is -3.32. The van der Waals surface area contributed by atoms with Crippen LogP contribution in [0, 0.1) is 0 Å². The van der Waals surface area contributed by atoms with Crippen LogP contribution in [0.5, 0.6) is 0 Å². The van der Waals surface area contributed by atoms with Crippen LogP contribution in [0.25, 0.3) is 22.7 Å². The zero-order valence-corrected chi connectivity index (χ0v) is 16.4. The maximum Gasteiger partial charge on any atom is 0.229 e. The summed E-state index contributed by atoms with van der Waals surface area (Å²) in [6.45, 7) is 4.19. The topological polar surface area (TPSA) is 75.9 Å². The molecule has 140 valence electrons. The van der Waals surface area contributed by atoms with Gasteiger partial charge in [0.25, 0.3) is 0 Å². The molecule has 0 aromatic carbocycles. The predicted molar refractivity (Wildman–Crippen MR) is 115 cm³/mol. The maximum absolute atomic E-state index is 5.77. The molecular weight excluding hydrogens is 370 g/mol. The molecule has 2 N–H and O–H groups in total. The third-order valence-electron chi connectivity index (χ3n) is 4.43. The molecule has 0 radical (unpaired) electrons. The van der Waals surface area contributed by atoms with Crippen molar-refractivity contribution in [2.24, 2.45) is 0 Å². The molecule has 28 heavy (non-hydrogen) atoms. The maximum atomic E-state index is 5.77. The first-order valence-electron chi connectivity index (χ1n) is 8.90. The van der Waals surface area contributed by atoms with Crippen LogP contribution in [0.4, 0.5) is 5.82 Å². The predicted octanol–water partition coefficient (Wildman–Crippen LogP) is 4.75. The minimum absolute atomic E-state index is 0.471. The number of aromatic nitrogens is 3. The van der Waals surface area contributed by atoms with E-state index in [0.29, 0.717) is 28.1 Å². The number of thiocarbonyl (C=S) groups is 1. The van der Waals surface area contributed by atoms with Crippen molar-refractivity contribution in [2.45, 2.75) is 20.3 Å². The Morgan fingerprint density at radius 1 is 1.07 bits per heavy atom. The molecule has 7 heteroatoms. The van der Waals surface area contributed by atoms with Crippen molar-refractivity contribution in [3.63, 3.8) is 0 Å².